The number of aromatic nitrogens is 3. The maximum atomic E-state index is 12.4. The van der Waals surface area contributed by atoms with Crippen molar-refractivity contribution in [1.82, 2.24) is 19.9 Å². The van der Waals surface area contributed by atoms with Crippen LogP contribution in [0.2, 0.25) is 0 Å². The van der Waals surface area contributed by atoms with Crippen molar-refractivity contribution in [1.29, 1.82) is 0 Å². The number of ether oxygens (including phenoxy) is 1. The van der Waals surface area contributed by atoms with Crippen molar-refractivity contribution in [3.05, 3.63) is 64.4 Å². The molecule has 0 aliphatic carbocycles. The first kappa shape index (κ1) is 17.6. The van der Waals surface area contributed by atoms with Crippen LogP contribution < -0.4 is 10.3 Å². The molecule has 3 rings (SSSR count). The monoisotopic (exact) mass is 352 g/mol. The minimum absolute atomic E-state index is 0.149. The summed E-state index contributed by atoms with van der Waals surface area (Å²) in [4.78, 5) is 26.4. The summed E-state index contributed by atoms with van der Waals surface area (Å²) < 4.78 is 6.50. The van der Waals surface area contributed by atoms with Crippen LogP contribution in [0.5, 0.6) is 5.75 Å². The van der Waals surface area contributed by atoms with Crippen LogP contribution in [0.3, 0.4) is 0 Å². The molecule has 1 amide bonds. The zero-order valence-corrected chi connectivity index (χ0v) is 14.8. The first-order valence-electron chi connectivity index (χ1n) is 8.36. The molecule has 0 radical (unpaired) electrons. The second-order valence-electron chi connectivity index (χ2n) is 5.90. The van der Waals surface area contributed by atoms with E-state index in [1.807, 2.05) is 31.2 Å². The highest BCUT2D eigenvalue weighted by atomic mass is 16.5. The van der Waals surface area contributed by atoms with Crippen molar-refractivity contribution in [2.45, 2.75) is 20.0 Å². The van der Waals surface area contributed by atoms with E-state index in [4.69, 9.17) is 4.74 Å². The zero-order valence-electron chi connectivity index (χ0n) is 14.8. The Hall–Kier alpha value is -3.22. The van der Waals surface area contributed by atoms with Crippen LogP contribution >= 0.6 is 0 Å². The van der Waals surface area contributed by atoms with Crippen molar-refractivity contribution >= 4 is 16.8 Å². The van der Waals surface area contributed by atoms with Gasteiger partial charge in [-0.25, -0.2) is 4.68 Å². The Morgan fingerprint density at radius 3 is 2.62 bits per heavy atom. The zero-order chi connectivity index (χ0) is 18.5. The Morgan fingerprint density at radius 2 is 1.88 bits per heavy atom. The highest BCUT2D eigenvalue weighted by Crippen LogP contribution is 2.13. The predicted molar refractivity (Wildman–Crippen MR) is 97.9 cm³/mol. The highest BCUT2D eigenvalue weighted by Gasteiger charge is 2.13. The van der Waals surface area contributed by atoms with Crippen LogP contribution in [0, 0.1) is 0 Å². The third-order valence-electron chi connectivity index (χ3n) is 3.99. The molecule has 0 bridgehead atoms. The number of hydrogen-bond acceptors (Lipinski definition) is 5. The summed E-state index contributed by atoms with van der Waals surface area (Å²) in [6.45, 7) is 2.82. The van der Waals surface area contributed by atoms with Gasteiger partial charge in [0.15, 0.2) is 0 Å². The Bertz CT molecular complexity index is 966. The molecule has 0 atom stereocenters. The number of hydrogen-bond donors (Lipinski definition) is 0. The number of fused-ring (bicyclic) bond motifs is 1. The van der Waals surface area contributed by atoms with Crippen molar-refractivity contribution in [3.63, 3.8) is 0 Å². The molecule has 3 aromatic rings. The van der Waals surface area contributed by atoms with Gasteiger partial charge in [0.2, 0.25) is 5.91 Å². The number of amides is 1. The minimum atomic E-state index is -0.321. The summed E-state index contributed by atoms with van der Waals surface area (Å²) in [6.07, 6.45) is 0. The van der Waals surface area contributed by atoms with Crippen LogP contribution in [-0.2, 0) is 17.9 Å². The lowest BCUT2D eigenvalue weighted by Crippen LogP contribution is -2.35. The van der Waals surface area contributed by atoms with E-state index in [0.717, 1.165) is 16.0 Å². The molecule has 0 saturated carbocycles. The number of nitrogens with zero attached hydrogens (tertiary/aromatic N) is 4. The van der Waals surface area contributed by atoms with Crippen molar-refractivity contribution in [3.8, 4) is 5.75 Å². The van der Waals surface area contributed by atoms with Crippen LogP contribution in [-0.4, -0.2) is 39.5 Å². The number of carbonyl (C=O) groups is 1. The van der Waals surface area contributed by atoms with Crippen molar-refractivity contribution in [2.75, 3.05) is 13.7 Å². The number of benzene rings is 2. The van der Waals surface area contributed by atoms with Crippen molar-refractivity contribution < 1.29 is 9.53 Å². The van der Waals surface area contributed by atoms with Gasteiger partial charge in [-0.15, -0.1) is 5.10 Å². The van der Waals surface area contributed by atoms with Crippen LogP contribution in [0.25, 0.3) is 10.9 Å². The molecular weight excluding hydrogens is 332 g/mol. The minimum Gasteiger partial charge on any atom is -0.494 e. The second kappa shape index (κ2) is 7.77. The fourth-order valence-corrected chi connectivity index (χ4v) is 2.60. The summed E-state index contributed by atoms with van der Waals surface area (Å²) in [5.41, 5.74) is 1.17. The van der Waals surface area contributed by atoms with E-state index in [1.165, 1.54) is 0 Å². The maximum Gasteiger partial charge on any atom is 0.278 e. The number of rotatable bonds is 6. The fraction of sp³-hybridized carbons (Fsp3) is 0.263. The quantitative estimate of drug-likeness (QED) is 0.677. The van der Waals surface area contributed by atoms with E-state index in [-0.39, 0.29) is 18.0 Å². The Balaban J connectivity index is 1.69. The number of likely N-dealkylation sites (N-methyl/N-ethyl adjacent to an activating group) is 1. The van der Waals surface area contributed by atoms with Gasteiger partial charge in [-0.05, 0) is 36.8 Å². The molecule has 0 unspecified atom stereocenters. The van der Waals surface area contributed by atoms with Gasteiger partial charge in [-0.1, -0.05) is 29.5 Å². The lowest BCUT2D eigenvalue weighted by molar-refractivity contribution is -0.131. The van der Waals surface area contributed by atoms with E-state index in [2.05, 4.69) is 10.3 Å². The molecule has 0 N–H and O–H groups in total. The fourth-order valence-electron chi connectivity index (χ4n) is 2.60. The third kappa shape index (κ3) is 3.88. The molecule has 0 aliphatic rings. The summed E-state index contributed by atoms with van der Waals surface area (Å²) in [5, 5.41) is 8.30. The lowest BCUT2D eigenvalue weighted by atomic mass is 10.2. The molecule has 0 saturated heterocycles. The average Bonchev–Trinajstić information content (AvgIpc) is 2.66. The Labute approximate surface area is 150 Å². The maximum absolute atomic E-state index is 12.4. The lowest BCUT2D eigenvalue weighted by Gasteiger charge is -2.17. The van der Waals surface area contributed by atoms with E-state index >= 15 is 0 Å². The topological polar surface area (TPSA) is 77.3 Å². The molecular formula is C19H20N4O3. The molecule has 1 heterocycles. The average molecular weight is 352 g/mol. The van der Waals surface area contributed by atoms with Gasteiger partial charge in [0.05, 0.1) is 12.0 Å². The van der Waals surface area contributed by atoms with Gasteiger partial charge in [0.1, 0.15) is 17.8 Å². The predicted octanol–water partition coefficient (Wildman–Crippen LogP) is 1.85. The smallest absolute Gasteiger partial charge is 0.278 e. The standard InChI is InChI=1S/C19H20N4O3/c1-3-26-15-10-8-14(9-11-15)12-22(2)18(24)13-23-19(25)16-6-4-5-7-17(16)20-21-23/h4-11H,3,12-13H2,1-2H3. The van der Waals surface area contributed by atoms with E-state index < -0.39 is 0 Å². The molecule has 26 heavy (non-hydrogen) atoms. The Kier molecular flexibility index (Phi) is 5.26. The summed E-state index contributed by atoms with van der Waals surface area (Å²) >= 11 is 0. The molecule has 1 aromatic heterocycles. The highest BCUT2D eigenvalue weighted by molar-refractivity contribution is 5.78. The van der Waals surface area contributed by atoms with Gasteiger partial charge in [-0.2, -0.15) is 0 Å². The first-order chi connectivity index (χ1) is 12.6. The van der Waals surface area contributed by atoms with Gasteiger partial charge in [-0.3, -0.25) is 9.59 Å². The molecule has 0 spiro atoms. The first-order valence-corrected chi connectivity index (χ1v) is 8.36. The van der Waals surface area contributed by atoms with Crippen molar-refractivity contribution in [2.24, 2.45) is 0 Å². The van der Waals surface area contributed by atoms with Gasteiger partial charge in [0, 0.05) is 13.6 Å². The van der Waals surface area contributed by atoms with E-state index in [9.17, 15) is 9.59 Å². The molecule has 0 aliphatic heterocycles. The van der Waals surface area contributed by atoms with Crippen LogP contribution in [0.1, 0.15) is 12.5 Å². The largest absolute Gasteiger partial charge is 0.494 e. The third-order valence-corrected chi connectivity index (χ3v) is 3.99. The van der Waals surface area contributed by atoms with E-state index in [0.29, 0.717) is 24.1 Å². The molecule has 7 nitrogen and oxygen atoms in total. The van der Waals surface area contributed by atoms with Gasteiger partial charge in [0.25, 0.3) is 5.56 Å². The summed E-state index contributed by atoms with van der Waals surface area (Å²) in [5.74, 6) is 0.578. The van der Waals surface area contributed by atoms with E-state index in [1.54, 1.807) is 36.2 Å². The SMILES string of the molecule is CCOc1ccc(CN(C)C(=O)Cn2nnc3ccccc3c2=O)cc1. The molecule has 7 heteroatoms. The van der Waals surface area contributed by atoms with Gasteiger partial charge >= 0.3 is 0 Å². The van der Waals surface area contributed by atoms with Crippen LogP contribution in [0.15, 0.2) is 53.3 Å². The molecule has 2 aromatic carbocycles. The summed E-state index contributed by atoms with van der Waals surface area (Å²) in [6, 6.07) is 14.5. The summed E-state index contributed by atoms with van der Waals surface area (Å²) in [7, 11) is 1.69. The van der Waals surface area contributed by atoms with Crippen LogP contribution in [0.4, 0.5) is 0 Å². The number of carbonyl (C=O) groups excluding carboxylic acids is 1. The normalized spacial score (nSPS) is 10.7. The molecule has 0 fully saturated rings. The van der Waals surface area contributed by atoms with Gasteiger partial charge < -0.3 is 9.64 Å². The Morgan fingerprint density at radius 1 is 1.15 bits per heavy atom. The second-order valence-corrected chi connectivity index (χ2v) is 5.90. The molecule has 134 valence electrons.